The van der Waals surface area contributed by atoms with Gasteiger partial charge in [-0.1, -0.05) is 18.2 Å². The van der Waals surface area contributed by atoms with E-state index < -0.39 is 0 Å². The lowest BCUT2D eigenvalue weighted by molar-refractivity contribution is 0.0945. The van der Waals surface area contributed by atoms with Gasteiger partial charge >= 0.3 is 0 Å². The molecule has 0 bridgehead atoms. The highest BCUT2D eigenvalue weighted by Gasteiger charge is 2.13. The number of ether oxygens (including phenoxy) is 1. The first kappa shape index (κ1) is 16.6. The van der Waals surface area contributed by atoms with E-state index in [4.69, 9.17) is 4.74 Å². The molecule has 6 heteroatoms. The molecule has 1 aliphatic rings. The SMILES string of the molecule is Cc1ccc2ncc(C(=O)NCc3ccc(N4CCOCC4)cc3)n2c1. The van der Waals surface area contributed by atoms with Crippen molar-refractivity contribution in [1.82, 2.24) is 14.7 Å². The molecule has 26 heavy (non-hydrogen) atoms. The summed E-state index contributed by atoms with van der Waals surface area (Å²) in [6.07, 6.45) is 3.54. The second-order valence-corrected chi connectivity index (χ2v) is 6.53. The molecular weight excluding hydrogens is 328 g/mol. The number of benzene rings is 1. The standard InChI is InChI=1S/C20H22N4O2/c1-15-2-7-19-21-13-18(24(19)14-15)20(25)22-12-16-3-5-17(6-4-16)23-8-10-26-11-9-23/h2-7,13-14H,8-12H2,1H3,(H,22,25). The number of amides is 1. The van der Waals surface area contributed by atoms with Gasteiger partial charge in [0.15, 0.2) is 0 Å². The number of imidazole rings is 1. The zero-order valence-corrected chi connectivity index (χ0v) is 14.8. The third kappa shape index (κ3) is 3.41. The minimum Gasteiger partial charge on any atom is -0.378 e. The monoisotopic (exact) mass is 350 g/mol. The van der Waals surface area contributed by atoms with Gasteiger partial charge in [-0.05, 0) is 36.2 Å². The number of fused-ring (bicyclic) bond motifs is 1. The lowest BCUT2D eigenvalue weighted by atomic mass is 10.2. The fourth-order valence-corrected chi connectivity index (χ4v) is 3.17. The van der Waals surface area contributed by atoms with Gasteiger partial charge in [-0.2, -0.15) is 0 Å². The molecule has 0 aliphatic carbocycles. The van der Waals surface area contributed by atoms with Crippen molar-refractivity contribution in [2.45, 2.75) is 13.5 Å². The predicted octanol–water partition coefficient (Wildman–Crippen LogP) is 2.41. The number of hydrogen-bond donors (Lipinski definition) is 1. The Bertz CT molecular complexity index is 911. The number of pyridine rings is 1. The van der Waals surface area contributed by atoms with Gasteiger partial charge in [0, 0.05) is 31.5 Å². The van der Waals surface area contributed by atoms with Crippen molar-refractivity contribution in [2.75, 3.05) is 31.2 Å². The second-order valence-electron chi connectivity index (χ2n) is 6.53. The first-order valence-electron chi connectivity index (χ1n) is 8.84. The van der Waals surface area contributed by atoms with Crippen LogP contribution >= 0.6 is 0 Å². The third-order valence-electron chi connectivity index (χ3n) is 4.65. The van der Waals surface area contributed by atoms with E-state index in [1.807, 2.05) is 29.7 Å². The average Bonchev–Trinajstić information content (AvgIpc) is 3.10. The maximum atomic E-state index is 12.5. The van der Waals surface area contributed by atoms with Crippen LogP contribution in [0.25, 0.3) is 5.65 Å². The number of carbonyl (C=O) groups excluding carboxylic acids is 1. The van der Waals surface area contributed by atoms with Crippen LogP contribution in [0.2, 0.25) is 0 Å². The number of anilines is 1. The molecule has 6 nitrogen and oxygen atoms in total. The molecule has 1 N–H and O–H groups in total. The Hall–Kier alpha value is -2.86. The van der Waals surface area contributed by atoms with E-state index in [2.05, 4.69) is 39.5 Å². The summed E-state index contributed by atoms with van der Waals surface area (Å²) in [5.41, 5.74) is 4.67. The molecule has 0 unspecified atom stereocenters. The predicted molar refractivity (Wildman–Crippen MR) is 101 cm³/mol. The fourth-order valence-electron chi connectivity index (χ4n) is 3.17. The number of aromatic nitrogens is 2. The number of hydrogen-bond acceptors (Lipinski definition) is 4. The van der Waals surface area contributed by atoms with Gasteiger partial charge < -0.3 is 15.0 Å². The first-order valence-corrected chi connectivity index (χ1v) is 8.84. The van der Waals surface area contributed by atoms with Gasteiger partial charge in [-0.15, -0.1) is 0 Å². The van der Waals surface area contributed by atoms with Crippen molar-refractivity contribution in [3.05, 3.63) is 65.6 Å². The maximum absolute atomic E-state index is 12.5. The first-order chi connectivity index (χ1) is 12.7. The van der Waals surface area contributed by atoms with Crippen LogP contribution < -0.4 is 10.2 Å². The van der Waals surface area contributed by atoms with Gasteiger partial charge in [-0.3, -0.25) is 9.20 Å². The normalized spacial score (nSPS) is 14.6. The zero-order valence-electron chi connectivity index (χ0n) is 14.8. The topological polar surface area (TPSA) is 58.9 Å². The quantitative estimate of drug-likeness (QED) is 0.785. The average molecular weight is 350 g/mol. The van der Waals surface area contributed by atoms with E-state index in [-0.39, 0.29) is 5.91 Å². The number of nitrogens with zero attached hydrogens (tertiary/aromatic N) is 3. The van der Waals surface area contributed by atoms with E-state index in [1.54, 1.807) is 6.20 Å². The largest absolute Gasteiger partial charge is 0.378 e. The summed E-state index contributed by atoms with van der Waals surface area (Å²) in [5.74, 6) is -0.125. The second kappa shape index (κ2) is 7.17. The molecule has 3 heterocycles. The Kier molecular flexibility index (Phi) is 4.58. The summed E-state index contributed by atoms with van der Waals surface area (Å²) < 4.78 is 7.21. The number of rotatable bonds is 4. The summed E-state index contributed by atoms with van der Waals surface area (Å²) in [7, 11) is 0. The number of nitrogens with one attached hydrogen (secondary N) is 1. The Morgan fingerprint density at radius 2 is 1.92 bits per heavy atom. The van der Waals surface area contributed by atoms with Gasteiger partial charge in [0.1, 0.15) is 11.3 Å². The zero-order chi connectivity index (χ0) is 17.9. The minimum atomic E-state index is -0.125. The van der Waals surface area contributed by atoms with Gasteiger partial charge in [0.05, 0.1) is 19.4 Å². The van der Waals surface area contributed by atoms with Crippen molar-refractivity contribution >= 4 is 17.2 Å². The van der Waals surface area contributed by atoms with Crippen molar-refractivity contribution < 1.29 is 9.53 Å². The molecule has 4 rings (SSSR count). The molecule has 0 radical (unpaired) electrons. The van der Waals surface area contributed by atoms with Crippen molar-refractivity contribution in [3.63, 3.8) is 0 Å². The lowest BCUT2D eigenvalue weighted by Crippen LogP contribution is -2.36. The Morgan fingerprint density at radius 1 is 1.15 bits per heavy atom. The van der Waals surface area contributed by atoms with Gasteiger partial charge in [0.25, 0.3) is 5.91 Å². The number of carbonyl (C=O) groups is 1. The Labute approximate surface area is 152 Å². The van der Waals surface area contributed by atoms with E-state index in [0.717, 1.165) is 43.1 Å². The van der Waals surface area contributed by atoms with Crippen molar-refractivity contribution in [2.24, 2.45) is 0 Å². The molecular formula is C20H22N4O2. The van der Waals surface area contributed by atoms with Crippen molar-refractivity contribution in [1.29, 1.82) is 0 Å². The van der Waals surface area contributed by atoms with Crippen LogP contribution in [0.1, 0.15) is 21.6 Å². The van der Waals surface area contributed by atoms with Crippen LogP contribution in [0.3, 0.4) is 0 Å². The highest BCUT2D eigenvalue weighted by atomic mass is 16.5. The molecule has 1 fully saturated rings. The highest BCUT2D eigenvalue weighted by molar-refractivity contribution is 5.93. The Balaban J connectivity index is 1.41. The van der Waals surface area contributed by atoms with E-state index >= 15 is 0 Å². The molecule has 0 saturated carbocycles. The van der Waals surface area contributed by atoms with E-state index in [1.165, 1.54) is 5.69 Å². The summed E-state index contributed by atoms with van der Waals surface area (Å²) in [6.45, 7) is 5.87. The number of aryl methyl sites for hydroxylation is 1. The molecule has 2 aromatic heterocycles. The maximum Gasteiger partial charge on any atom is 0.270 e. The molecule has 3 aromatic rings. The van der Waals surface area contributed by atoms with Crippen LogP contribution in [0.15, 0.2) is 48.8 Å². The Morgan fingerprint density at radius 3 is 2.69 bits per heavy atom. The van der Waals surface area contributed by atoms with Gasteiger partial charge in [0.2, 0.25) is 0 Å². The van der Waals surface area contributed by atoms with Crippen LogP contribution in [-0.2, 0) is 11.3 Å². The van der Waals surface area contributed by atoms with Crippen molar-refractivity contribution in [3.8, 4) is 0 Å². The van der Waals surface area contributed by atoms with E-state index in [0.29, 0.717) is 12.2 Å². The summed E-state index contributed by atoms with van der Waals surface area (Å²) >= 11 is 0. The van der Waals surface area contributed by atoms with Crippen LogP contribution in [0, 0.1) is 6.92 Å². The number of morpholine rings is 1. The van der Waals surface area contributed by atoms with Gasteiger partial charge in [-0.25, -0.2) is 4.98 Å². The molecule has 134 valence electrons. The molecule has 1 saturated heterocycles. The summed E-state index contributed by atoms with van der Waals surface area (Å²) in [6, 6.07) is 12.2. The van der Waals surface area contributed by atoms with Crippen LogP contribution in [0.5, 0.6) is 0 Å². The highest BCUT2D eigenvalue weighted by Crippen LogP contribution is 2.17. The molecule has 0 spiro atoms. The molecule has 1 aliphatic heterocycles. The minimum absolute atomic E-state index is 0.125. The van der Waals surface area contributed by atoms with Crippen LogP contribution in [0.4, 0.5) is 5.69 Å². The molecule has 1 amide bonds. The fraction of sp³-hybridized carbons (Fsp3) is 0.300. The summed E-state index contributed by atoms with van der Waals surface area (Å²) in [4.78, 5) is 19.1. The van der Waals surface area contributed by atoms with Crippen LogP contribution in [-0.4, -0.2) is 41.6 Å². The third-order valence-corrected chi connectivity index (χ3v) is 4.65. The molecule has 0 atom stereocenters. The lowest BCUT2D eigenvalue weighted by Gasteiger charge is -2.28. The smallest absolute Gasteiger partial charge is 0.270 e. The molecule has 1 aromatic carbocycles. The van der Waals surface area contributed by atoms with E-state index in [9.17, 15) is 4.79 Å². The summed E-state index contributed by atoms with van der Waals surface area (Å²) in [5, 5.41) is 2.98.